The maximum Gasteiger partial charge on any atom is 0.345 e. The number of amides is 1. The number of anilines is 1. The molecule has 1 aliphatic heterocycles. The van der Waals surface area contributed by atoms with Gasteiger partial charge in [-0.15, -0.1) is 0 Å². The maximum absolute atomic E-state index is 12.9. The number of aromatic amines is 1. The molecule has 29 heavy (non-hydrogen) atoms. The Labute approximate surface area is 169 Å². The summed E-state index contributed by atoms with van der Waals surface area (Å²) in [6.45, 7) is -1.56. The average Bonchev–Trinajstić information content (AvgIpc) is 3.28. The second-order valence-electron chi connectivity index (χ2n) is 7.47. The van der Waals surface area contributed by atoms with Gasteiger partial charge in [-0.2, -0.15) is 8.78 Å². The number of thiazole rings is 1. The smallest absolute Gasteiger partial charge is 0.345 e. The number of alkyl halides is 2. The fourth-order valence-electron chi connectivity index (χ4n) is 3.90. The standard InChI is InChI=1S/C20H20F2N4O2S/c21-19(22)28-13-8-12(9-13)23-20-25-15-5-6-26(10-17(15)29-20)18(27)16-7-11-3-1-2-4-14(11)24-16/h1-4,7,12-13,19,24H,5-6,8-10H2,(H,23,25). The molecule has 1 amide bonds. The first-order valence-electron chi connectivity index (χ1n) is 9.61. The first kappa shape index (κ1) is 18.5. The summed E-state index contributed by atoms with van der Waals surface area (Å²) >= 11 is 1.53. The van der Waals surface area contributed by atoms with Crippen LogP contribution >= 0.6 is 11.3 Å². The molecular weight excluding hydrogens is 398 g/mol. The molecule has 0 atom stereocenters. The molecule has 6 nitrogen and oxygen atoms in total. The lowest BCUT2D eigenvalue weighted by Gasteiger charge is -2.35. The molecular formula is C20H20F2N4O2S. The molecule has 0 bridgehead atoms. The van der Waals surface area contributed by atoms with Crippen molar-refractivity contribution in [2.24, 2.45) is 0 Å². The van der Waals surface area contributed by atoms with Gasteiger partial charge in [0.15, 0.2) is 5.13 Å². The van der Waals surface area contributed by atoms with E-state index in [-0.39, 0.29) is 18.1 Å². The number of hydrogen-bond acceptors (Lipinski definition) is 5. The third-order valence-electron chi connectivity index (χ3n) is 5.50. The predicted molar refractivity (Wildman–Crippen MR) is 106 cm³/mol. The summed E-state index contributed by atoms with van der Waals surface area (Å²) in [5, 5.41) is 5.11. The quantitative estimate of drug-likeness (QED) is 0.657. The van der Waals surface area contributed by atoms with Crippen molar-refractivity contribution in [2.45, 2.75) is 44.6 Å². The number of aromatic nitrogens is 2. The molecule has 152 valence electrons. The topological polar surface area (TPSA) is 70.2 Å². The monoisotopic (exact) mass is 418 g/mol. The number of ether oxygens (including phenoxy) is 1. The van der Waals surface area contributed by atoms with Crippen LogP contribution in [0.3, 0.4) is 0 Å². The first-order valence-corrected chi connectivity index (χ1v) is 10.4. The van der Waals surface area contributed by atoms with E-state index < -0.39 is 6.61 Å². The van der Waals surface area contributed by atoms with Crippen molar-refractivity contribution in [1.82, 2.24) is 14.9 Å². The summed E-state index contributed by atoms with van der Waals surface area (Å²) in [5.41, 5.74) is 2.56. The summed E-state index contributed by atoms with van der Waals surface area (Å²) in [5.74, 6) is -0.0132. The molecule has 2 aliphatic rings. The van der Waals surface area contributed by atoms with E-state index in [1.807, 2.05) is 35.2 Å². The Morgan fingerprint density at radius 2 is 2.17 bits per heavy atom. The number of nitrogens with zero attached hydrogens (tertiary/aromatic N) is 2. The number of carbonyl (C=O) groups is 1. The van der Waals surface area contributed by atoms with E-state index in [1.54, 1.807) is 0 Å². The highest BCUT2D eigenvalue weighted by Crippen LogP contribution is 2.33. The third-order valence-corrected chi connectivity index (χ3v) is 6.51. The van der Waals surface area contributed by atoms with Crippen molar-refractivity contribution in [3.63, 3.8) is 0 Å². The molecule has 0 radical (unpaired) electrons. The van der Waals surface area contributed by atoms with Gasteiger partial charge in [-0.05, 0) is 25.0 Å². The molecule has 0 spiro atoms. The Hall–Kier alpha value is -2.52. The lowest BCUT2D eigenvalue weighted by Crippen LogP contribution is -2.41. The molecule has 3 aromatic rings. The molecule has 1 aliphatic carbocycles. The van der Waals surface area contributed by atoms with E-state index in [2.05, 4.69) is 20.0 Å². The van der Waals surface area contributed by atoms with Gasteiger partial charge in [-0.1, -0.05) is 29.5 Å². The van der Waals surface area contributed by atoms with Crippen LogP contribution in [0.25, 0.3) is 10.9 Å². The molecule has 1 saturated carbocycles. The molecule has 5 rings (SSSR count). The molecule has 3 heterocycles. The number of rotatable bonds is 5. The van der Waals surface area contributed by atoms with Gasteiger partial charge in [-0.25, -0.2) is 4.98 Å². The van der Waals surface area contributed by atoms with Crippen molar-refractivity contribution >= 4 is 33.3 Å². The molecule has 0 unspecified atom stereocenters. The van der Waals surface area contributed by atoms with Gasteiger partial charge >= 0.3 is 6.61 Å². The van der Waals surface area contributed by atoms with Crippen molar-refractivity contribution in [1.29, 1.82) is 0 Å². The Kier molecular flexibility index (Phi) is 4.71. The van der Waals surface area contributed by atoms with E-state index in [9.17, 15) is 13.6 Å². The van der Waals surface area contributed by atoms with Gasteiger partial charge in [-0.3, -0.25) is 4.79 Å². The first-order chi connectivity index (χ1) is 14.0. The lowest BCUT2D eigenvalue weighted by molar-refractivity contribution is -0.182. The molecule has 9 heteroatoms. The zero-order valence-corrected chi connectivity index (χ0v) is 16.3. The van der Waals surface area contributed by atoms with Crippen molar-refractivity contribution in [3.05, 3.63) is 46.6 Å². The molecule has 1 aromatic carbocycles. The Morgan fingerprint density at radius 3 is 2.97 bits per heavy atom. The third kappa shape index (κ3) is 3.72. The summed E-state index contributed by atoms with van der Waals surface area (Å²) < 4.78 is 28.9. The maximum atomic E-state index is 12.9. The van der Waals surface area contributed by atoms with Gasteiger partial charge in [0.05, 0.1) is 18.3 Å². The molecule has 1 fully saturated rings. The minimum absolute atomic E-state index is 0.0132. The Bertz CT molecular complexity index is 1010. The highest BCUT2D eigenvalue weighted by Gasteiger charge is 2.33. The number of benzene rings is 1. The van der Waals surface area contributed by atoms with E-state index >= 15 is 0 Å². The van der Waals surface area contributed by atoms with Crippen molar-refractivity contribution in [3.8, 4) is 0 Å². The second kappa shape index (κ2) is 7.38. The zero-order valence-electron chi connectivity index (χ0n) is 15.5. The highest BCUT2D eigenvalue weighted by molar-refractivity contribution is 7.15. The van der Waals surface area contributed by atoms with Gasteiger partial charge in [0, 0.05) is 34.8 Å². The minimum atomic E-state index is -2.71. The zero-order chi connectivity index (χ0) is 20.0. The average molecular weight is 418 g/mol. The van der Waals surface area contributed by atoms with Crippen LogP contribution < -0.4 is 5.32 Å². The molecule has 2 aromatic heterocycles. The van der Waals surface area contributed by atoms with Gasteiger partial charge in [0.1, 0.15) is 5.69 Å². The normalized spacial score (nSPS) is 21.3. The lowest BCUT2D eigenvalue weighted by atomic mass is 9.89. The van der Waals surface area contributed by atoms with E-state index in [0.717, 1.165) is 26.6 Å². The fourth-order valence-corrected chi connectivity index (χ4v) is 5.00. The van der Waals surface area contributed by atoms with Crippen LogP contribution in [0, 0.1) is 0 Å². The Morgan fingerprint density at radius 1 is 1.34 bits per heavy atom. The van der Waals surface area contributed by atoms with Crippen LogP contribution in [0.1, 0.15) is 33.9 Å². The second-order valence-corrected chi connectivity index (χ2v) is 8.55. The van der Waals surface area contributed by atoms with Gasteiger partial charge < -0.3 is 19.9 Å². The van der Waals surface area contributed by atoms with Crippen LogP contribution in [0.15, 0.2) is 30.3 Å². The number of carbonyl (C=O) groups excluding carboxylic acids is 1. The minimum Gasteiger partial charge on any atom is -0.359 e. The number of para-hydroxylation sites is 1. The van der Waals surface area contributed by atoms with E-state index in [0.29, 0.717) is 38.0 Å². The Balaban J connectivity index is 1.23. The van der Waals surface area contributed by atoms with E-state index in [1.165, 1.54) is 11.3 Å². The molecule has 2 N–H and O–H groups in total. The van der Waals surface area contributed by atoms with Crippen LogP contribution in [0.4, 0.5) is 13.9 Å². The van der Waals surface area contributed by atoms with Gasteiger partial charge in [0.2, 0.25) is 0 Å². The molecule has 0 saturated heterocycles. The van der Waals surface area contributed by atoms with Gasteiger partial charge in [0.25, 0.3) is 5.91 Å². The number of nitrogens with one attached hydrogen (secondary N) is 2. The van der Waals surface area contributed by atoms with Crippen LogP contribution in [-0.2, 0) is 17.7 Å². The number of halogens is 2. The van der Waals surface area contributed by atoms with Crippen molar-refractivity contribution < 1.29 is 18.3 Å². The van der Waals surface area contributed by atoms with Crippen LogP contribution in [0.2, 0.25) is 0 Å². The summed E-state index contributed by atoms with van der Waals surface area (Å²) in [6, 6.07) is 9.83. The number of fused-ring (bicyclic) bond motifs is 2. The SMILES string of the molecule is O=C(c1cc2ccccc2[nH]1)N1CCc2nc(NC3CC(OC(F)F)C3)sc2C1. The largest absolute Gasteiger partial charge is 0.359 e. The van der Waals surface area contributed by atoms with Crippen molar-refractivity contribution in [2.75, 3.05) is 11.9 Å². The van der Waals surface area contributed by atoms with E-state index in [4.69, 9.17) is 0 Å². The number of hydrogen-bond donors (Lipinski definition) is 2. The van der Waals surface area contributed by atoms with Crippen LogP contribution in [-0.4, -0.2) is 46.1 Å². The summed E-state index contributed by atoms with van der Waals surface area (Å²) in [7, 11) is 0. The number of H-pyrrole nitrogens is 1. The fraction of sp³-hybridized carbons (Fsp3) is 0.400. The summed E-state index contributed by atoms with van der Waals surface area (Å²) in [6.07, 6.45) is 1.44. The van der Waals surface area contributed by atoms with Crippen LogP contribution in [0.5, 0.6) is 0 Å². The highest BCUT2D eigenvalue weighted by atomic mass is 32.1. The predicted octanol–water partition coefficient (Wildman–Crippen LogP) is 4.01. The summed E-state index contributed by atoms with van der Waals surface area (Å²) in [4.78, 5) is 23.7.